The number of nitrogens with two attached hydrogens (primary N) is 1. The normalized spacial score (nSPS) is 27.4. The van der Waals surface area contributed by atoms with Gasteiger partial charge >= 0.3 is 0 Å². The van der Waals surface area contributed by atoms with E-state index >= 15 is 0 Å². The Morgan fingerprint density at radius 3 is 2.75 bits per heavy atom. The molecular formula is C12H24N2O2. The molecule has 1 aliphatic carbocycles. The van der Waals surface area contributed by atoms with E-state index in [1.807, 2.05) is 6.92 Å². The van der Waals surface area contributed by atoms with Gasteiger partial charge in [0, 0.05) is 24.5 Å². The van der Waals surface area contributed by atoms with E-state index in [1.54, 1.807) is 0 Å². The van der Waals surface area contributed by atoms with E-state index in [9.17, 15) is 4.79 Å². The summed E-state index contributed by atoms with van der Waals surface area (Å²) in [7, 11) is 0. The molecule has 3 N–H and O–H groups in total. The molecule has 1 aliphatic rings. The largest absolute Gasteiger partial charge is 0.378 e. The van der Waals surface area contributed by atoms with Crippen LogP contribution in [0.4, 0.5) is 0 Å². The van der Waals surface area contributed by atoms with Crippen LogP contribution in [0.1, 0.15) is 40.0 Å². The number of hydrogen-bond donors (Lipinski definition) is 2. The van der Waals surface area contributed by atoms with Crippen LogP contribution in [0.15, 0.2) is 0 Å². The Morgan fingerprint density at radius 2 is 2.25 bits per heavy atom. The summed E-state index contributed by atoms with van der Waals surface area (Å²) in [5.41, 5.74) is 5.28. The second-order valence-electron chi connectivity index (χ2n) is 5.08. The smallest absolute Gasteiger partial charge is 0.217 e. The van der Waals surface area contributed by atoms with Gasteiger partial charge in [-0.25, -0.2) is 0 Å². The van der Waals surface area contributed by atoms with Gasteiger partial charge in [0.25, 0.3) is 0 Å². The number of amides is 1. The fraction of sp³-hybridized carbons (Fsp3) is 0.917. The molecule has 0 spiro atoms. The quantitative estimate of drug-likeness (QED) is 0.640. The predicted molar refractivity (Wildman–Crippen MR) is 64.0 cm³/mol. The zero-order valence-electron chi connectivity index (χ0n) is 10.6. The van der Waals surface area contributed by atoms with E-state index < -0.39 is 0 Å². The summed E-state index contributed by atoms with van der Waals surface area (Å²) in [4.78, 5) is 10.6. The molecule has 0 aromatic heterocycles. The topological polar surface area (TPSA) is 64.3 Å². The van der Waals surface area contributed by atoms with Gasteiger partial charge in [0.2, 0.25) is 5.91 Å². The van der Waals surface area contributed by atoms with Gasteiger partial charge in [0.05, 0.1) is 6.10 Å². The fourth-order valence-corrected chi connectivity index (χ4v) is 2.25. The molecule has 4 nitrogen and oxygen atoms in total. The minimum absolute atomic E-state index is 0.197. The lowest BCUT2D eigenvalue weighted by Crippen LogP contribution is -2.61. The molecule has 0 aromatic rings. The van der Waals surface area contributed by atoms with Crippen LogP contribution in [0, 0.1) is 5.41 Å². The van der Waals surface area contributed by atoms with E-state index in [4.69, 9.17) is 10.5 Å². The van der Waals surface area contributed by atoms with E-state index in [2.05, 4.69) is 19.2 Å². The third-order valence-electron chi connectivity index (χ3n) is 3.54. The summed E-state index contributed by atoms with van der Waals surface area (Å²) < 4.78 is 5.65. The van der Waals surface area contributed by atoms with Gasteiger partial charge in [-0.1, -0.05) is 13.8 Å². The molecule has 1 saturated carbocycles. The van der Waals surface area contributed by atoms with Gasteiger partial charge in [0.1, 0.15) is 0 Å². The maximum atomic E-state index is 10.6. The first kappa shape index (κ1) is 13.5. The molecule has 0 saturated heterocycles. The number of nitrogens with one attached hydrogen (secondary N) is 1. The van der Waals surface area contributed by atoms with E-state index in [0.717, 1.165) is 26.0 Å². The number of primary amides is 1. The zero-order chi connectivity index (χ0) is 12.2. The molecule has 0 bridgehead atoms. The standard InChI is InChI=1S/C12H24N2O2/c1-4-16-10-8-9(12(10,2)3)14-7-5-6-11(13)15/h9-10,14H,4-8H2,1-3H3,(H2,13,15). The Bertz CT molecular complexity index is 241. The Hall–Kier alpha value is -0.610. The van der Waals surface area contributed by atoms with Gasteiger partial charge in [0.15, 0.2) is 0 Å². The molecule has 1 rings (SSSR count). The lowest BCUT2D eigenvalue weighted by atomic mass is 9.64. The van der Waals surface area contributed by atoms with Crippen molar-refractivity contribution in [2.75, 3.05) is 13.2 Å². The predicted octanol–water partition coefficient (Wildman–Crippen LogP) is 1.05. The van der Waals surface area contributed by atoms with Crippen LogP contribution < -0.4 is 11.1 Å². The lowest BCUT2D eigenvalue weighted by molar-refractivity contribution is -0.118. The van der Waals surface area contributed by atoms with Crippen molar-refractivity contribution in [1.82, 2.24) is 5.32 Å². The Morgan fingerprint density at radius 1 is 1.56 bits per heavy atom. The first-order chi connectivity index (χ1) is 7.48. The molecule has 2 unspecified atom stereocenters. The van der Waals surface area contributed by atoms with E-state index in [0.29, 0.717) is 18.6 Å². The molecule has 4 heteroatoms. The number of carbonyl (C=O) groups is 1. The highest BCUT2D eigenvalue weighted by atomic mass is 16.5. The summed E-state index contributed by atoms with van der Waals surface area (Å²) in [5.74, 6) is -0.220. The third kappa shape index (κ3) is 3.19. The van der Waals surface area contributed by atoms with Crippen molar-refractivity contribution in [3.63, 3.8) is 0 Å². The second-order valence-corrected chi connectivity index (χ2v) is 5.08. The maximum absolute atomic E-state index is 10.6. The monoisotopic (exact) mass is 228 g/mol. The van der Waals surface area contributed by atoms with Crippen molar-refractivity contribution in [1.29, 1.82) is 0 Å². The van der Waals surface area contributed by atoms with Crippen molar-refractivity contribution in [2.24, 2.45) is 11.1 Å². The SMILES string of the molecule is CCOC1CC(NCCCC(N)=O)C1(C)C. The molecule has 0 aromatic carbocycles. The first-order valence-corrected chi connectivity index (χ1v) is 6.11. The molecule has 0 radical (unpaired) electrons. The van der Waals surface area contributed by atoms with Crippen LogP contribution in [0.25, 0.3) is 0 Å². The fourth-order valence-electron chi connectivity index (χ4n) is 2.25. The highest BCUT2D eigenvalue weighted by molar-refractivity contribution is 5.73. The minimum Gasteiger partial charge on any atom is -0.378 e. The van der Waals surface area contributed by atoms with Gasteiger partial charge in [-0.2, -0.15) is 0 Å². The van der Waals surface area contributed by atoms with Crippen molar-refractivity contribution in [3.8, 4) is 0 Å². The minimum atomic E-state index is -0.220. The first-order valence-electron chi connectivity index (χ1n) is 6.11. The average molecular weight is 228 g/mol. The zero-order valence-corrected chi connectivity index (χ0v) is 10.6. The number of carbonyl (C=O) groups excluding carboxylic acids is 1. The second kappa shape index (κ2) is 5.64. The summed E-state index contributed by atoms with van der Waals surface area (Å²) in [5, 5.41) is 3.47. The molecule has 1 fully saturated rings. The van der Waals surface area contributed by atoms with Crippen LogP contribution in [-0.4, -0.2) is 31.2 Å². The molecule has 0 heterocycles. The number of ether oxygens (including phenoxy) is 1. The highest BCUT2D eigenvalue weighted by Crippen LogP contribution is 2.42. The van der Waals surface area contributed by atoms with Gasteiger partial charge in [-0.05, 0) is 26.3 Å². The van der Waals surface area contributed by atoms with Crippen molar-refractivity contribution < 1.29 is 9.53 Å². The molecule has 1 amide bonds. The third-order valence-corrected chi connectivity index (χ3v) is 3.54. The van der Waals surface area contributed by atoms with Crippen LogP contribution in [0.5, 0.6) is 0 Å². The molecular weight excluding hydrogens is 204 g/mol. The number of hydrogen-bond acceptors (Lipinski definition) is 3. The molecule has 16 heavy (non-hydrogen) atoms. The van der Waals surface area contributed by atoms with Crippen LogP contribution in [-0.2, 0) is 9.53 Å². The maximum Gasteiger partial charge on any atom is 0.217 e. The summed E-state index contributed by atoms with van der Waals surface area (Å²) in [6.45, 7) is 8.12. The van der Waals surface area contributed by atoms with Crippen LogP contribution >= 0.6 is 0 Å². The van der Waals surface area contributed by atoms with Gasteiger partial charge in [-0.3, -0.25) is 4.79 Å². The molecule has 2 atom stereocenters. The Kier molecular flexibility index (Phi) is 4.74. The summed E-state index contributed by atoms with van der Waals surface area (Å²) in [6.07, 6.45) is 2.72. The Labute approximate surface area is 97.9 Å². The van der Waals surface area contributed by atoms with Crippen LogP contribution in [0.3, 0.4) is 0 Å². The van der Waals surface area contributed by atoms with Crippen molar-refractivity contribution >= 4 is 5.91 Å². The molecule has 94 valence electrons. The van der Waals surface area contributed by atoms with Crippen molar-refractivity contribution in [3.05, 3.63) is 0 Å². The number of rotatable bonds is 7. The lowest BCUT2D eigenvalue weighted by Gasteiger charge is -2.52. The Balaban J connectivity index is 2.18. The highest BCUT2D eigenvalue weighted by Gasteiger charge is 2.48. The van der Waals surface area contributed by atoms with Crippen LogP contribution in [0.2, 0.25) is 0 Å². The van der Waals surface area contributed by atoms with E-state index in [1.165, 1.54) is 0 Å². The van der Waals surface area contributed by atoms with Gasteiger partial charge in [-0.15, -0.1) is 0 Å². The van der Waals surface area contributed by atoms with Crippen molar-refractivity contribution in [2.45, 2.75) is 52.2 Å². The molecule has 0 aliphatic heterocycles. The summed E-state index contributed by atoms with van der Waals surface area (Å²) >= 11 is 0. The average Bonchev–Trinajstić information content (AvgIpc) is 2.20. The summed E-state index contributed by atoms with van der Waals surface area (Å²) in [6, 6.07) is 0.497. The van der Waals surface area contributed by atoms with Gasteiger partial charge < -0.3 is 15.8 Å². The van der Waals surface area contributed by atoms with E-state index in [-0.39, 0.29) is 11.3 Å².